The van der Waals surface area contributed by atoms with Gasteiger partial charge in [0.05, 0.1) is 0 Å². The number of hydrogen-bond donors (Lipinski definition) is 0. The van der Waals surface area contributed by atoms with Gasteiger partial charge in [-0.1, -0.05) is 59.3 Å². The molecule has 0 N–H and O–H groups in total. The van der Waals surface area contributed by atoms with Crippen LogP contribution in [0.5, 0.6) is 0 Å². The van der Waals surface area contributed by atoms with Gasteiger partial charge in [0, 0.05) is 5.41 Å². The molecule has 2 nitrogen and oxygen atoms in total. The average molecular weight is 255 g/mol. The predicted molar refractivity (Wildman–Crippen MR) is 72.1 cm³/mol. The number of halogens is 1. The van der Waals surface area contributed by atoms with Crippen molar-refractivity contribution in [1.82, 2.24) is 4.98 Å². The number of rotatable bonds is 9. The summed E-state index contributed by atoms with van der Waals surface area (Å²) >= 11 is 0. The largest absolute Gasteiger partial charge is 0.445 e. The second-order valence-electron chi connectivity index (χ2n) is 5.45. The molecule has 0 spiro atoms. The van der Waals surface area contributed by atoms with Gasteiger partial charge in [0.1, 0.15) is 6.26 Å². The summed E-state index contributed by atoms with van der Waals surface area (Å²) in [5.74, 6) is 0.0752. The summed E-state index contributed by atoms with van der Waals surface area (Å²) in [4.78, 5) is 3.90. The van der Waals surface area contributed by atoms with Crippen LogP contribution >= 0.6 is 0 Å². The number of hydrogen-bond acceptors (Lipinski definition) is 2. The van der Waals surface area contributed by atoms with Crippen LogP contribution in [0.1, 0.15) is 78.0 Å². The molecule has 104 valence electrons. The van der Waals surface area contributed by atoms with Gasteiger partial charge in [-0.25, -0.2) is 0 Å². The zero-order valence-electron chi connectivity index (χ0n) is 12.0. The maximum absolute atomic E-state index is 13.0. The minimum absolute atomic E-state index is 0.103. The molecule has 0 aliphatic carbocycles. The standard InChI is InChI=1S/C15H26FNO/c1-4-6-8-9-11-15(3,10-7-5-2)14-17-13(16)12-18-14/h12H,4-11H2,1-3H3. The Bertz CT molecular complexity index is 337. The molecule has 1 rings (SSSR count). The fraction of sp³-hybridized carbons (Fsp3) is 0.800. The Hall–Kier alpha value is -0.860. The zero-order chi connectivity index (χ0) is 13.4. The molecule has 1 unspecified atom stereocenters. The van der Waals surface area contributed by atoms with Gasteiger partial charge < -0.3 is 4.42 Å². The van der Waals surface area contributed by atoms with Crippen molar-refractivity contribution in [2.24, 2.45) is 0 Å². The summed E-state index contributed by atoms with van der Waals surface area (Å²) in [5, 5.41) is 0. The fourth-order valence-corrected chi connectivity index (χ4v) is 2.38. The molecule has 0 fully saturated rings. The van der Waals surface area contributed by atoms with E-state index in [1.165, 1.54) is 19.3 Å². The van der Waals surface area contributed by atoms with E-state index in [9.17, 15) is 4.39 Å². The highest BCUT2D eigenvalue weighted by atomic mass is 19.1. The van der Waals surface area contributed by atoms with Crippen LogP contribution in [0, 0.1) is 5.95 Å². The van der Waals surface area contributed by atoms with Crippen LogP contribution in [0.25, 0.3) is 0 Å². The van der Waals surface area contributed by atoms with Crippen molar-refractivity contribution in [1.29, 1.82) is 0 Å². The van der Waals surface area contributed by atoms with Crippen LogP contribution in [0.4, 0.5) is 4.39 Å². The van der Waals surface area contributed by atoms with Crippen molar-refractivity contribution in [2.45, 2.75) is 77.6 Å². The third kappa shape index (κ3) is 4.43. The van der Waals surface area contributed by atoms with Crippen molar-refractivity contribution >= 4 is 0 Å². The molecule has 1 aromatic heterocycles. The lowest BCUT2D eigenvalue weighted by Crippen LogP contribution is -2.22. The Kier molecular flexibility index (Phi) is 6.37. The lowest BCUT2D eigenvalue weighted by Gasteiger charge is -2.26. The Morgan fingerprint density at radius 3 is 2.33 bits per heavy atom. The van der Waals surface area contributed by atoms with Crippen molar-refractivity contribution in [3.8, 4) is 0 Å². The molecule has 0 aromatic carbocycles. The van der Waals surface area contributed by atoms with E-state index < -0.39 is 5.95 Å². The first kappa shape index (κ1) is 15.2. The van der Waals surface area contributed by atoms with Crippen LogP contribution in [0.3, 0.4) is 0 Å². The molecule has 0 aliphatic rings. The lowest BCUT2D eigenvalue weighted by molar-refractivity contribution is 0.289. The molecule has 0 saturated heterocycles. The monoisotopic (exact) mass is 255 g/mol. The Labute approximate surface area is 110 Å². The van der Waals surface area contributed by atoms with Crippen molar-refractivity contribution in [3.63, 3.8) is 0 Å². The molecule has 1 heterocycles. The SMILES string of the molecule is CCCCCCC(C)(CCCC)c1nc(F)co1. The van der Waals surface area contributed by atoms with Crippen LogP contribution in [-0.2, 0) is 5.41 Å². The highest BCUT2D eigenvalue weighted by molar-refractivity contribution is 5.02. The molecular weight excluding hydrogens is 229 g/mol. The van der Waals surface area contributed by atoms with Crippen LogP contribution in [0.2, 0.25) is 0 Å². The first-order valence-corrected chi connectivity index (χ1v) is 7.24. The van der Waals surface area contributed by atoms with Crippen molar-refractivity contribution in [2.75, 3.05) is 0 Å². The number of aromatic nitrogens is 1. The van der Waals surface area contributed by atoms with Gasteiger partial charge in [-0.15, -0.1) is 0 Å². The second kappa shape index (κ2) is 7.55. The van der Waals surface area contributed by atoms with Crippen molar-refractivity contribution in [3.05, 3.63) is 18.1 Å². The van der Waals surface area contributed by atoms with E-state index in [2.05, 4.69) is 25.8 Å². The molecule has 1 atom stereocenters. The third-order valence-electron chi connectivity index (χ3n) is 3.66. The Balaban J connectivity index is 2.62. The smallest absolute Gasteiger partial charge is 0.251 e. The molecule has 0 radical (unpaired) electrons. The summed E-state index contributed by atoms with van der Waals surface area (Å²) in [7, 11) is 0. The van der Waals surface area contributed by atoms with Gasteiger partial charge in [0.2, 0.25) is 5.89 Å². The summed E-state index contributed by atoms with van der Waals surface area (Å²) < 4.78 is 18.3. The molecule has 1 aromatic rings. The van der Waals surface area contributed by atoms with Crippen LogP contribution < -0.4 is 0 Å². The van der Waals surface area contributed by atoms with E-state index in [0.29, 0.717) is 5.89 Å². The Morgan fingerprint density at radius 1 is 1.11 bits per heavy atom. The van der Waals surface area contributed by atoms with Gasteiger partial charge in [-0.3, -0.25) is 0 Å². The minimum Gasteiger partial charge on any atom is -0.445 e. The van der Waals surface area contributed by atoms with Crippen LogP contribution in [0.15, 0.2) is 10.7 Å². The van der Waals surface area contributed by atoms with Gasteiger partial charge in [-0.05, 0) is 12.8 Å². The normalized spacial score (nSPS) is 14.7. The first-order chi connectivity index (χ1) is 8.62. The lowest BCUT2D eigenvalue weighted by atomic mass is 9.80. The molecule has 3 heteroatoms. The zero-order valence-corrected chi connectivity index (χ0v) is 12.0. The van der Waals surface area contributed by atoms with Crippen molar-refractivity contribution < 1.29 is 8.81 Å². The summed E-state index contributed by atoms with van der Waals surface area (Å²) in [6.07, 6.45) is 10.4. The molecular formula is C15H26FNO. The fourth-order valence-electron chi connectivity index (χ4n) is 2.38. The van der Waals surface area contributed by atoms with Gasteiger partial charge in [0.15, 0.2) is 0 Å². The number of unbranched alkanes of at least 4 members (excludes halogenated alkanes) is 4. The van der Waals surface area contributed by atoms with E-state index in [1.54, 1.807) is 0 Å². The molecule has 0 amide bonds. The maximum atomic E-state index is 13.0. The molecule has 0 aliphatic heterocycles. The first-order valence-electron chi connectivity index (χ1n) is 7.24. The number of oxazole rings is 1. The van der Waals surface area contributed by atoms with Gasteiger partial charge in [0.25, 0.3) is 5.95 Å². The Morgan fingerprint density at radius 2 is 1.78 bits per heavy atom. The molecule has 0 bridgehead atoms. The van der Waals surface area contributed by atoms with Gasteiger partial charge in [-0.2, -0.15) is 9.37 Å². The van der Waals surface area contributed by atoms with E-state index in [4.69, 9.17) is 4.42 Å². The van der Waals surface area contributed by atoms with E-state index in [1.807, 2.05) is 0 Å². The summed E-state index contributed by atoms with van der Waals surface area (Å²) in [6.45, 7) is 6.53. The summed E-state index contributed by atoms with van der Waals surface area (Å²) in [5.41, 5.74) is -0.103. The quantitative estimate of drug-likeness (QED) is 0.564. The maximum Gasteiger partial charge on any atom is 0.251 e. The average Bonchev–Trinajstić information content (AvgIpc) is 2.80. The van der Waals surface area contributed by atoms with E-state index in [0.717, 1.165) is 38.4 Å². The third-order valence-corrected chi connectivity index (χ3v) is 3.66. The summed E-state index contributed by atoms with van der Waals surface area (Å²) in [6, 6.07) is 0. The highest BCUT2D eigenvalue weighted by Crippen LogP contribution is 2.34. The van der Waals surface area contributed by atoms with E-state index >= 15 is 0 Å². The predicted octanol–water partition coefficient (Wildman–Crippen LogP) is 5.23. The van der Waals surface area contributed by atoms with E-state index in [-0.39, 0.29) is 5.41 Å². The molecule has 18 heavy (non-hydrogen) atoms. The topological polar surface area (TPSA) is 26.0 Å². The van der Waals surface area contributed by atoms with Gasteiger partial charge >= 0.3 is 0 Å². The highest BCUT2D eigenvalue weighted by Gasteiger charge is 2.30. The number of nitrogens with zero attached hydrogens (tertiary/aromatic N) is 1. The second-order valence-corrected chi connectivity index (χ2v) is 5.45. The minimum atomic E-state index is -0.499. The molecule has 0 saturated carbocycles. The van der Waals surface area contributed by atoms with Crippen LogP contribution in [-0.4, -0.2) is 4.98 Å².